The molecule has 0 aliphatic carbocycles. The average Bonchev–Trinajstić information content (AvgIpc) is 2.93. The van der Waals surface area contributed by atoms with Gasteiger partial charge in [0.2, 0.25) is 0 Å². The minimum atomic E-state index is 0.781. The highest BCUT2D eigenvalue weighted by Crippen LogP contribution is 2.19. The lowest BCUT2D eigenvalue weighted by molar-refractivity contribution is 0.490. The molecule has 0 aliphatic rings. The summed E-state index contributed by atoms with van der Waals surface area (Å²) in [6.45, 7) is 4.11. The molecule has 0 aromatic carbocycles. The first-order chi connectivity index (χ1) is 8.31. The van der Waals surface area contributed by atoms with Crippen molar-refractivity contribution in [2.24, 2.45) is 7.05 Å². The first-order valence-corrected chi connectivity index (χ1v) is 5.93. The summed E-state index contributed by atoms with van der Waals surface area (Å²) in [6.07, 6.45) is 7.20. The van der Waals surface area contributed by atoms with Gasteiger partial charge in [-0.3, -0.25) is 0 Å². The standard InChI is InChI=1S/C12H18N4O/c1-3-13-6-4-5-12-15-8-11(17-12)10-7-14-9-16(10)2/h7-9,13H,3-6H2,1-2H3. The molecule has 0 amide bonds. The number of imidazole rings is 1. The summed E-state index contributed by atoms with van der Waals surface area (Å²) >= 11 is 0. The molecule has 0 saturated carbocycles. The van der Waals surface area contributed by atoms with Crippen molar-refractivity contribution in [3.05, 3.63) is 24.6 Å². The molecule has 2 aromatic rings. The summed E-state index contributed by atoms with van der Waals surface area (Å²) in [4.78, 5) is 8.33. The summed E-state index contributed by atoms with van der Waals surface area (Å²) < 4.78 is 7.61. The highest BCUT2D eigenvalue weighted by atomic mass is 16.4. The van der Waals surface area contributed by atoms with Crippen LogP contribution in [0.3, 0.4) is 0 Å². The van der Waals surface area contributed by atoms with Crippen molar-refractivity contribution in [3.63, 3.8) is 0 Å². The molecule has 1 N–H and O–H groups in total. The van der Waals surface area contributed by atoms with Crippen LogP contribution in [0.25, 0.3) is 11.5 Å². The summed E-state index contributed by atoms with van der Waals surface area (Å²) in [6, 6.07) is 0. The summed E-state index contributed by atoms with van der Waals surface area (Å²) in [5.74, 6) is 1.57. The van der Waals surface area contributed by atoms with E-state index in [0.717, 1.165) is 43.3 Å². The highest BCUT2D eigenvalue weighted by Gasteiger charge is 2.08. The van der Waals surface area contributed by atoms with Crippen LogP contribution >= 0.6 is 0 Å². The van der Waals surface area contributed by atoms with Crippen molar-refractivity contribution in [1.82, 2.24) is 19.9 Å². The summed E-state index contributed by atoms with van der Waals surface area (Å²) in [5, 5.41) is 3.28. The number of rotatable bonds is 6. The zero-order chi connectivity index (χ0) is 12.1. The van der Waals surface area contributed by atoms with Crippen LogP contribution in [0.1, 0.15) is 19.2 Å². The lowest BCUT2D eigenvalue weighted by atomic mass is 10.3. The van der Waals surface area contributed by atoms with Gasteiger partial charge < -0.3 is 14.3 Å². The molecule has 0 bridgehead atoms. The van der Waals surface area contributed by atoms with Crippen LogP contribution in [0.2, 0.25) is 0 Å². The van der Waals surface area contributed by atoms with Crippen molar-refractivity contribution in [3.8, 4) is 11.5 Å². The second-order valence-electron chi connectivity index (χ2n) is 3.97. The Morgan fingerprint density at radius 2 is 2.29 bits per heavy atom. The van der Waals surface area contributed by atoms with E-state index in [1.165, 1.54) is 0 Å². The molecule has 0 atom stereocenters. The zero-order valence-corrected chi connectivity index (χ0v) is 10.3. The molecule has 2 aromatic heterocycles. The number of hydrogen-bond acceptors (Lipinski definition) is 4. The van der Waals surface area contributed by atoms with Crippen molar-refractivity contribution in [2.75, 3.05) is 13.1 Å². The number of nitrogens with one attached hydrogen (secondary N) is 1. The van der Waals surface area contributed by atoms with Gasteiger partial charge in [0.1, 0.15) is 5.69 Å². The Morgan fingerprint density at radius 1 is 1.41 bits per heavy atom. The van der Waals surface area contributed by atoms with Gasteiger partial charge in [-0.1, -0.05) is 6.92 Å². The minimum absolute atomic E-state index is 0.781. The van der Waals surface area contributed by atoms with Gasteiger partial charge in [0.15, 0.2) is 11.7 Å². The van der Waals surface area contributed by atoms with Gasteiger partial charge in [-0.25, -0.2) is 9.97 Å². The van der Waals surface area contributed by atoms with E-state index in [-0.39, 0.29) is 0 Å². The Balaban J connectivity index is 1.95. The first-order valence-electron chi connectivity index (χ1n) is 5.93. The van der Waals surface area contributed by atoms with E-state index in [1.807, 2.05) is 11.6 Å². The fourth-order valence-electron chi connectivity index (χ4n) is 1.68. The molecule has 17 heavy (non-hydrogen) atoms. The van der Waals surface area contributed by atoms with E-state index in [4.69, 9.17) is 4.42 Å². The molecular formula is C12H18N4O. The largest absolute Gasteiger partial charge is 0.439 e. The van der Waals surface area contributed by atoms with Crippen molar-refractivity contribution in [1.29, 1.82) is 0 Å². The topological polar surface area (TPSA) is 55.9 Å². The summed E-state index contributed by atoms with van der Waals surface area (Å²) in [5.41, 5.74) is 0.954. The number of aryl methyl sites for hydroxylation is 2. The lowest BCUT2D eigenvalue weighted by Crippen LogP contribution is -2.14. The smallest absolute Gasteiger partial charge is 0.195 e. The first kappa shape index (κ1) is 11.9. The molecule has 0 saturated heterocycles. The number of nitrogens with zero attached hydrogens (tertiary/aromatic N) is 3. The molecule has 2 heterocycles. The van der Waals surface area contributed by atoms with Crippen LogP contribution in [0.4, 0.5) is 0 Å². The number of oxazole rings is 1. The molecule has 0 fully saturated rings. The van der Waals surface area contributed by atoms with Gasteiger partial charge in [0.05, 0.1) is 18.7 Å². The molecule has 0 radical (unpaired) electrons. The fraction of sp³-hybridized carbons (Fsp3) is 0.500. The molecular weight excluding hydrogens is 216 g/mol. The Hall–Kier alpha value is -1.62. The highest BCUT2D eigenvalue weighted by molar-refractivity contribution is 5.49. The lowest BCUT2D eigenvalue weighted by Gasteiger charge is -1.99. The normalized spacial score (nSPS) is 10.9. The molecule has 0 aliphatic heterocycles. The van der Waals surface area contributed by atoms with Gasteiger partial charge >= 0.3 is 0 Å². The monoisotopic (exact) mass is 234 g/mol. The second kappa shape index (κ2) is 5.63. The van der Waals surface area contributed by atoms with Crippen molar-refractivity contribution < 1.29 is 4.42 Å². The van der Waals surface area contributed by atoms with Crippen LogP contribution in [-0.2, 0) is 13.5 Å². The summed E-state index contributed by atoms with van der Waals surface area (Å²) in [7, 11) is 1.94. The second-order valence-corrected chi connectivity index (χ2v) is 3.97. The van der Waals surface area contributed by atoms with Crippen LogP contribution in [0, 0.1) is 0 Å². The zero-order valence-electron chi connectivity index (χ0n) is 10.3. The third-order valence-corrected chi connectivity index (χ3v) is 2.62. The number of hydrogen-bond donors (Lipinski definition) is 1. The third kappa shape index (κ3) is 2.94. The fourth-order valence-corrected chi connectivity index (χ4v) is 1.68. The molecule has 2 rings (SSSR count). The molecule has 5 heteroatoms. The van der Waals surface area contributed by atoms with E-state index in [2.05, 4.69) is 22.2 Å². The van der Waals surface area contributed by atoms with Crippen LogP contribution in [0.5, 0.6) is 0 Å². The predicted molar refractivity (Wildman–Crippen MR) is 65.6 cm³/mol. The molecule has 5 nitrogen and oxygen atoms in total. The maximum atomic E-state index is 5.69. The Morgan fingerprint density at radius 3 is 3.00 bits per heavy atom. The van der Waals surface area contributed by atoms with Crippen LogP contribution < -0.4 is 5.32 Å². The van der Waals surface area contributed by atoms with Gasteiger partial charge in [-0.2, -0.15) is 0 Å². The van der Waals surface area contributed by atoms with Crippen molar-refractivity contribution in [2.45, 2.75) is 19.8 Å². The van der Waals surface area contributed by atoms with E-state index in [1.54, 1.807) is 18.7 Å². The predicted octanol–water partition coefficient (Wildman–Crippen LogP) is 1.62. The van der Waals surface area contributed by atoms with Gasteiger partial charge in [-0.15, -0.1) is 0 Å². The Labute approximate surface area is 101 Å². The molecule has 92 valence electrons. The van der Waals surface area contributed by atoms with Gasteiger partial charge in [0.25, 0.3) is 0 Å². The maximum absolute atomic E-state index is 5.69. The van der Waals surface area contributed by atoms with Crippen LogP contribution in [-0.4, -0.2) is 27.6 Å². The Kier molecular flexibility index (Phi) is 3.93. The molecule has 0 spiro atoms. The Bertz CT molecular complexity index is 461. The molecule has 0 unspecified atom stereocenters. The quantitative estimate of drug-likeness (QED) is 0.772. The van der Waals surface area contributed by atoms with E-state index in [9.17, 15) is 0 Å². The average molecular weight is 234 g/mol. The third-order valence-electron chi connectivity index (χ3n) is 2.62. The van der Waals surface area contributed by atoms with E-state index >= 15 is 0 Å². The minimum Gasteiger partial charge on any atom is -0.439 e. The van der Waals surface area contributed by atoms with Crippen molar-refractivity contribution >= 4 is 0 Å². The van der Waals surface area contributed by atoms with Crippen LogP contribution in [0.15, 0.2) is 23.1 Å². The number of aromatic nitrogens is 3. The van der Waals surface area contributed by atoms with Gasteiger partial charge in [-0.05, 0) is 19.5 Å². The van der Waals surface area contributed by atoms with E-state index in [0.29, 0.717) is 0 Å². The SMILES string of the molecule is CCNCCCc1ncc(-c2cncn2C)o1. The van der Waals surface area contributed by atoms with Gasteiger partial charge in [0, 0.05) is 13.5 Å². The van der Waals surface area contributed by atoms with E-state index < -0.39 is 0 Å². The maximum Gasteiger partial charge on any atom is 0.195 e.